The maximum Gasteiger partial charge on any atom is 0.323 e. The summed E-state index contributed by atoms with van der Waals surface area (Å²) in [5.41, 5.74) is 3.17. The molecule has 1 unspecified atom stereocenters. The lowest BCUT2D eigenvalue weighted by Gasteiger charge is -2.38. The molecule has 1 atom stereocenters. The van der Waals surface area contributed by atoms with Gasteiger partial charge in [0, 0.05) is 18.3 Å². The van der Waals surface area contributed by atoms with Gasteiger partial charge in [0.25, 0.3) is 0 Å². The average molecular weight is 484 g/mol. The summed E-state index contributed by atoms with van der Waals surface area (Å²) in [6.45, 7) is 8.67. The van der Waals surface area contributed by atoms with Crippen LogP contribution in [0.5, 0.6) is 0 Å². The van der Waals surface area contributed by atoms with E-state index in [1.807, 2.05) is 31.2 Å². The van der Waals surface area contributed by atoms with Gasteiger partial charge in [-0.25, -0.2) is 9.18 Å². The van der Waals surface area contributed by atoms with E-state index in [1.165, 1.54) is 12.5 Å². The zero-order valence-corrected chi connectivity index (χ0v) is 21.2. The molecule has 0 heterocycles. The van der Waals surface area contributed by atoms with E-state index in [-0.39, 0.29) is 18.0 Å². The fourth-order valence-corrected chi connectivity index (χ4v) is 4.82. The number of benzene rings is 2. The lowest BCUT2D eigenvalue weighted by atomic mass is 9.91. The van der Waals surface area contributed by atoms with Crippen LogP contribution in [0, 0.1) is 18.7 Å². The molecule has 0 saturated heterocycles. The van der Waals surface area contributed by atoms with Crippen LogP contribution in [0.2, 0.25) is 0 Å². The quantitative estimate of drug-likeness (QED) is 0.354. The average Bonchev–Trinajstić information content (AvgIpc) is 2.80. The number of rotatable bonds is 9. The topological polar surface area (TPSA) is 81.7 Å². The normalized spacial score (nSPS) is 15.0. The molecule has 0 radical (unpaired) electrons. The molecule has 2 amide bonds. The SMILES string of the molecule is Cc1ccc(NC(=O)Nc2cc(C(C)CC(=O)O)c(F)cc2N(CC(C)C)C2CCCCC2)cc1. The molecular formula is C28H38FN3O3. The number of halogens is 1. The molecule has 1 saturated carbocycles. The number of aryl methyl sites for hydroxylation is 1. The molecule has 1 aliphatic carbocycles. The standard InChI is InChI=1S/C28H38FN3O3/c1-18(2)17-32(22-8-6-5-7-9-22)26-16-24(29)23(20(4)14-27(33)34)15-25(26)31-28(35)30-21-12-10-19(3)11-13-21/h10-13,15-16,18,20,22H,5-9,14,17H2,1-4H3,(H,33,34)(H2,30,31,35). The van der Waals surface area contributed by atoms with Crippen LogP contribution in [0.25, 0.3) is 0 Å². The van der Waals surface area contributed by atoms with Crippen LogP contribution in [-0.2, 0) is 4.79 Å². The summed E-state index contributed by atoms with van der Waals surface area (Å²) in [5, 5.41) is 15.0. The largest absolute Gasteiger partial charge is 0.481 e. The summed E-state index contributed by atoms with van der Waals surface area (Å²) in [5.74, 6) is -1.62. The van der Waals surface area contributed by atoms with Crippen LogP contribution < -0.4 is 15.5 Å². The van der Waals surface area contributed by atoms with Crippen LogP contribution in [0.15, 0.2) is 36.4 Å². The van der Waals surface area contributed by atoms with E-state index in [1.54, 1.807) is 13.0 Å². The highest BCUT2D eigenvalue weighted by Gasteiger charge is 2.27. The second kappa shape index (κ2) is 12.0. The Hall–Kier alpha value is -3.09. The van der Waals surface area contributed by atoms with Gasteiger partial charge in [0.2, 0.25) is 0 Å². The second-order valence-electron chi connectivity index (χ2n) is 10.2. The van der Waals surface area contributed by atoms with Gasteiger partial charge in [-0.2, -0.15) is 0 Å². The predicted molar refractivity (Wildman–Crippen MR) is 140 cm³/mol. The predicted octanol–water partition coefficient (Wildman–Crippen LogP) is 7.15. The van der Waals surface area contributed by atoms with Crippen molar-refractivity contribution in [2.24, 2.45) is 5.92 Å². The van der Waals surface area contributed by atoms with Crippen molar-refractivity contribution >= 4 is 29.1 Å². The minimum Gasteiger partial charge on any atom is -0.481 e. The number of carboxylic acid groups (broad SMARTS) is 1. The minimum absolute atomic E-state index is 0.191. The molecule has 7 heteroatoms. The molecule has 0 bridgehead atoms. The van der Waals surface area contributed by atoms with E-state index in [4.69, 9.17) is 0 Å². The highest BCUT2D eigenvalue weighted by atomic mass is 19.1. The van der Waals surface area contributed by atoms with Crippen LogP contribution in [0.1, 0.15) is 76.3 Å². The number of nitrogens with one attached hydrogen (secondary N) is 2. The fourth-order valence-electron chi connectivity index (χ4n) is 4.82. The number of anilines is 3. The molecule has 3 rings (SSSR count). The van der Waals surface area contributed by atoms with Gasteiger partial charge in [0.05, 0.1) is 17.8 Å². The van der Waals surface area contributed by atoms with Crippen LogP contribution in [-0.4, -0.2) is 29.7 Å². The maximum absolute atomic E-state index is 15.4. The van der Waals surface area contributed by atoms with Gasteiger partial charge in [-0.1, -0.05) is 57.7 Å². The van der Waals surface area contributed by atoms with Gasteiger partial charge in [-0.15, -0.1) is 0 Å². The minimum atomic E-state index is -0.990. The maximum atomic E-state index is 15.4. The van der Waals surface area contributed by atoms with E-state index in [0.717, 1.165) is 37.8 Å². The number of carbonyl (C=O) groups excluding carboxylic acids is 1. The molecule has 6 nitrogen and oxygen atoms in total. The molecule has 1 aliphatic rings. The first-order valence-corrected chi connectivity index (χ1v) is 12.6. The number of carboxylic acids is 1. The van der Waals surface area contributed by atoms with Gasteiger partial charge >= 0.3 is 12.0 Å². The zero-order chi connectivity index (χ0) is 25.5. The number of hydrogen-bond acceptors (Lipinski definition) is 3. The Labute approximate surface area is 207 Å². The van der Waals surface area contributed by atoms with Crippen molar-refractivity contribution in [1.82, 2.24) is 0 Å². The number of aliphatic carboxylic acids is 1. The highest BCUT2D eigenvalue weighted by molar-refractivity contribution is 6.02. The fraction of sp³-hybridized carbons (Fsp3) is 0.500. The first-order chi connectivity index (χ1) is 16.6. The first-order valence-electron chi connectivity index (χ1n) is 12.6. The molecule has 1 fully saturated rings. The van der Waals surface area contributed by atoms with Gasteiger partial charge in [0.15, 0.2) is 0 Å². The molecule has 2 aromatic carbocycles. The number of urea groups is 1. The monoisotopic (exact) mass is 483 g/mol. The van der Waals surface area contributed by atoms with Crippen molar-refractivity contribution in [3.8, 4) is 0 Å². The van der Waals surface area contributed by atoms with E-state index in [2.05, 4.69) is 29.4 Å². The van der Waals surface area contributed by atoms with E-state index in [0.29, 0.717) is 23.0 Å². The summed E-state index contributed by atoms with van der Waals surface area (Å²) in [6.07, 6.45) is 5.33. The van der Waals surface area contributed by atoms with E-state index >= 15 is 4.39 Å². The molecule has 2 aromatic rings. The van der Waals surface area contributed by atoms with Crippen LogP contribution in [0.3, 0.4) is 0 Å². The molecule has 0 aliphatic heterocycles. The smallest absolute Gasteiger partial charge is 0.323 e. The third kappa shape index (κ3) is 7.44. The van der Waals surface area contributed by atoms with Gasteiger partial charge in [-0.05, 0) is 61.4 Å². The Morgan fingerprint density at radius 1 is 1.06 bits per heavy atom. The molecule has 0 aromatic heterocycles. The molecule has 35 heavy (non-hydrogen) atoms. The lowest BCUT2D eigenvalue weighted by molar-refractivity contribution is -0.137. The Morgan fingerprint density at radius 2 is 1.71 bits per heavy atom. The summed E-state index contributed by atoms with van der Waals surface area (Å²) in [4.78, 5) is 26.5. The van der Waals surface area contributed by atoms with Gasteiger partial charge in [-0.3, -0.25) is 4.79 Å². The van der Waals surface area contributed by atoms with Crippen LogP contribution >= 0.6 is 0 Å². The Morgan fingerprint density at radius 3 is 2.31 bits per heavy atom. The Kier molecular flexibility index (Phi) is 9.13. The van der Waals surface area contributed by atoms with Crippen molar-refractivity contribution in [1.29, 1.82) is 0 Å². The number of amides is 2. The lowest BCUT2D eigenvalue weighted by Crippen LogP contribution is -2.40. The van der Waals surface area contributed by atoms with Gasteiger partial charge < -0.3 is 20.6 Å². The number of nitrogens with zero attached hydrogens (tertiary/aromatic N) is 1. The molecule has 0 spiro atoms. The van der Waals surface area contributed by atoms with Gasteiger partial charge in [0.1, 0.15) is 5.82 Å². The first kappa shape index (κ1) is 26.5. The Balaban J connectivity index is 1.99. The van der Waals surface area contributed by atoms with Crippen LogP contribution in [0.4, 0.5) is 26.2 Å². The molecular weight excluding hydrogens is 445 g/mol. The van der Waals surface area contributed by atoms with Crippen molar-refractivity contribution in [3.63, 3.8) is 0 Å². The number of carbonyl (C=O) groups is 2. The summed E-state index contributed by atoms with van der Waals surface area (Å²) in [6, 6.07) is 10.4. The molecule has 190 valence electrons. The van der Waals surface area contributed by atoms with Crippen molar-refractivity contribution in [2.75, 3.05) is 22.1 Å². The highest BCUT2D eigenvalue weighted by Crippen LogP contribution is 2.37. The molecule has 3 N–H and O–H groups in total. The summed E-state index contributed by atoms with van der Waals surface area (Å²) in [7, 11) is 0. The third-order valence-corrected chi connectivity index (χ3v) is 6.57. The summed E-state index contributed by atoms with van der Waals surface area (Å²) >= 11 is 0. The van der Waals surface area contributed by atoms with E-state index in [9.17, 15) is 14.7 Å². The zero-order valence-electron chi connectivity index (χ0n) is 21.2. The van der Waals surface area contributed by atoms with Crippen molar-refractivity contribution in [3.05, 3.63) is 53.3 Å². The van der Waals surface area contributed by atoms with Crippen molar-refractivity contribution in [2.45, 2.75) is 78.2 Å². The third-order valence-electron chi connectivity index (χ3n) is 6.57. The van der Waals surface area contributed by atoms with E-state index < -0.39 is 23.7 Å². The second-order valence-corrected chi connectivity index (χ2v) is 10.2. The summed E-state index contributed by atoms with van der Waals surface area (Å²) < 4.78 is 15.4. The van der Waals surface area contributed by atoms with Crippen molar-refractivity contribution < 1.29 is 19.1 Å². The number of hydrogen-bond donors (Lipinski definition) is 3. The Bertz CT molecular complexity index is 1020.